The smallest absolute Gasteiger partial charge is 0.351 e. The summed E-state index contributed by atoms with van der Waals surface area (Å²) in [5.74, 6) is 0.596. The van der Waals surface area contributed by atoms with Gasteiger partial charge >= 0.3 is 5.69 Å². The highest BCUT2D eigenvalue weighted by Gasteiger charge is 2.32. The Kier molecular flexibility index (Phi) is 3.27. The van der Waals surface area contributed by atoms with Crippen LogP contribution in [0.25, 0.3) is 5.65 Å². The number of ether oxygens (including phenoxy) is 1. The predicted molar refractivity (Wildman–Crippen MR) is 78.1 cm³/mol. The van der Waals surface area contributed by atoms with Crippen molar-refractivity contribution in [3.63, 3.8) is 0 Å². The summed E-state index contributed by atoms with van der Waals surface area (Å²) in [4.78, 5) is 14.8. The molecule has 1 aliphatic heterocycles. The highest BCUT2D eigenvalue weighted by Crippen LogP contribution is 2.29. The molecule has 0 aromatic carbocycles. The molecule has 2 aromatic heterocycles. The minimum absolute atomic E-state index is 0.0566. The lowest BCUT2D eigenvalue weighted by Gasteiger charge is -2.24. The standard InChI is InChI=1S/C15H20N4O2/c20-15-18-7-2-1-3-14(18)16-19(15)11-17(13-4-5-13)9-12-6-8-21-10-12/h1-3,7,12-13H,4-6,8-11H2/t12-/m0/s1. The average molecular weight is 288 g/mol. The average Bonchev–Trinajstić information content (AvgIpc) is 3.14. The number of pyridine rings is 1. The number of nitrogens with zero attached hydrogens (tertiary/aromatic N) is 4. The molecule has 4 rings (SSSR count). The quantitative estimate of drug-likeness (QED) is 0.822. The number of fused-ring (bicyclic) bond motifs is 1. The molecule has 1 atom stereocenters. The van der Waals surface area contributed by atoms with Crippen LogP contribution >= 0.6 is 0 Å². The van der Waals surface area contributed by atoms with Gasteiger partial charge in [0.2, 0.25) is 0 Å². The van der Waals surface area contributed by atoms with E-state index in [0.717, 1.165) is 26.2 Å². The molecule has 1 aliphatic carbocycles. The van der Waals surface area contributed by atoms with Gasteiger partial charge in [-0.05, 0) is 37.3 Å². The SMILES string of the molecule is O=c1n(CN(C[C@@H]2CCOC2)C2CC2)nc2ccccn12. The fourth-order valence-corrected chi connectivity index (χ4v) is 3.05. The molecule has 2 aliphatic rings. The summed E-state index contributed by atoms with van der Waals surface area (Å²) in [6.07, 6.45) is 5.36. The van der Waals surface area contributed by atoms with E-state index in [1.165, 1.54) is 12.8 Å². The van der Waals surface area contributed by atoms with E-state index in [-0.39, 0.29) is 5.69 Å². The molecule has 2 aromatic rings. The van der Waals surface area contributed by atoms with Crippen LogP contribution in [-0.4, -0.2) is 44.9 Å². The molecular formula is C15H20N4O2. The van der Waals surface area contributed by atoms with Crippen molar-refractivity contribution in [2.75, 3.05) is 19.8 Å². The van der Waals surface area contributed by atoms with Crippen LogP contribution in [0.4, 0.5) is 0 Å². The van der Waals surface area contributed by atoms with Gasteiger partial charge in [-0.1, -0.05) is 6.07 Å². The van der Waals surface area contributed by atoms with Crippen molar-refractivity contribution in [1.82, 2.24) is 19.1 Å². The maximum Gasteiger partial charge on any atom is 0.351 e. The zero-order valence-corrected chi connectivity index (χ0v) is 12.0. The maximum atomic E-state index is 12.4. The van der Waals surface area contributed by atoms with Crippen molar-refractivity contribution in [1.29, 1.82) is 0 Å². The third-order valence-corrected chi connectivity index (χ3v) is 4.38. The molecule has 0 radical (unpaired) electrons. The highest BCUT2D eigenvalue weighted by molar-refractivity contribution is 5.35. The van der Waals surface area contributed by atoms with E-state index in [4.69, 9.17) is 4.74 Å². The van der Waals surface area contributed by atoms with Gasteiger partial charge in [-0.2, -0.15) is 4.68 Å². The van der Waals surface area contributed by atoms with Gasteiger partial charge in [0.1, 0.15) is 0 Å². The fourth-order valence-electron chi connectivity index (χ4n) is 3.05. The Hall–Kier alpha value is -1.66. The van der Waals surface area contributed by atoms with E-state index in [9.17, 15) is 4.79 Å². The summed E-state index contributed by atoms with van der Waals surface area (Å²) >= 11 is 0. The zero-order valence-electron chi connectivity index (χ0n) is 12.0. The number of hydrogen-bond donors (Lipinski definition) is 0. The van der Waals surface area contributed by atoms with Gasteiger partial charge in [0, 0.05) is 25.4 Å². The summed E-state index contributed by atoms with van der Waals surface area (Å²) in [7, 11) is 0. The van der Waals surface area contributed by atoms with Crippen LogP contribution in [0.2, 0.25) is 0 Å². The van der Waals surface area contributed by atoms with Gasteiger partial charge in [-0.25, -0.2) is 4.79 Å². The zero-order chi connectivity index (χ0) is 14.2. The first-order valence-corrected chi connectivity index (χ1v) is 7.67. The Balaban J connectivity index is 1.56. The maximum absolute atomic E-state index is 12.4. The number of hydrogen-bond acceptors (Lipinski definition) is 4. The first-order chi connectivity index (χ1) is 10.3. The van der Waals surface area contributed by atoms with E-state index >= 15 is 0 Å². The first-order valence-electron chi connectivity index (χ1n) is 7.67. The molecule has 6 heteroatoms. The van der Waals surface area contributed by atoms with Gasteiger partial charge in [-0.3, -0.25) is 9.30 Å². The van der Waals surface area contributed by atoms with Crippen LogP contribution in [0.5, 0.6) is 0 Å². The number of aromatic nitrogens is 3. The van der Waals surface area contributed by atoms with E-state index in [0.29, 0.717) is 24.3 Å². The Labute approximate surface area is 122 Å². The normalized spacial score (nSPS) is 22.4. The summed E-state index contributed by atoms with van der Waals surface area (Å²) < 4.78 is 8.65. The fraction of sp³-hybridized carbons (Fsp3) is 0.600. The summed E-state index contributed by atoms with van der Waals surface area (Å²) in [5, 5.41) is 4.43. The second-order valence-electron chi connectivity index (χ2n) is 6.08. The second-order valence-corrected chi connectivity index (χ2v) is 6.08. The van der Waals surface area contributed by atoms with Crippen molar-refractivity contribution in [3.05, 3.63) is 34.9 Å². The third-order valence-electron chi connectivity index (χ3n) is 4.38. The Morgan fingerprint density at radius 3 is 2.95 bits per heavy atom. The molecule has 21 heavy (non-hydrogen) atoms. The monoisotopic (exact) mass is 288 g/mol. The molecule has 1 saturated carbocycles. The lowest BCUT2D eigenvalue weighted by Crippen LogP contribution is -2.37. The minimum Gasteiger partial charge on any atom is -0.381 e. The van der Waals surface area contributed by atoms with Gasteiger partial charge in [0.25, 0.3) is 0 Å². The molecular weight excluding hydrogens is 268 g/mol. The largest absolute Gasteiger partial charge is 0.381 e. The topological polar surface area (TPSA) is 51.8 Å². The van der Waals surface area contributed by atoms with E-state index in [1.807, 2.05) is 18.2 Å². The Morgan fingerprint density at radius 1 is 1.33 bits per heavy atom. The Morgan fingerprint density at radius 2 is 2.24 bits per heavy atom. The molecule has 0 amide bonds. The van der Waals surface area contributed by atoms with Crippen LogP contribution in [0, 0.1) is 5.92 Å². The summed E-state index contributed by atoms with van der Waals surface area (Å²) in [5.41, 5.74) is 0.654. The van der Waals surface area contributed by atoms with Crippen LogP contribution in [-0.2, 0) is 11.4 Å². The van der Waals surface area contributed by atoms with Crippen LogP contribution in [0.3, 0.4) is 0 Å². The number of rotatable bonds is 5. The lowest BCUT2D eigenvalue weighted by molar-refractivity contribution is 0.141. The molecule has 112 valence electrons. The molecule has 0 bridgehead atoms. The van der Waals surface area contributed by atoms with Crippen LogP contribution in [0.1, 0.15) is 19.3 Å². The molecule has 2 fully saturated rings. The van der Waals surface area contributed by atoms with E-state index < -0.39 is 0 Å². The molecule has 1 saturated heterocycles. The van der Waals surface area contributed by atoms with Crippen molar-refractivity contribution in [2.45, 2.75) is 32.0 Å². The molecule has 0 N–H and O–H groups in total. The van der Waals surface area contributed by atoms with Crippen molar-refractivity contribution < 1.29 is 4.74 Å². The van der Waals surface area contributed by atoms with Gasteiger partial charge in [0.15, 0.2) is 5.65 Å². The molecule has 6 nitrogen and oxygen atoms in total. The van der Waals surface area contributed by atoms with Crippen molar-refractivity contribution >= 4 is 5.65 Å². The second kappa shape index (κ2) is 5.27. The minimum atomic E-state index is -0.0566. The third kappa shape index (κ3) is 2.61. The summed E-state index contributed by atoms with van der Waals surface area (Å²) in [6.45, 7) is 3.31. The summed E-state index contributed by atoms with van der Waals surface area (Å²) in [6, 6.07) is 6.24. The molecule has 0 spiro atoms. The van der Waals surface area contributed by atoms with E-state index in [1.54, 1.807) is 15.3 Å². The predicted octanol–water partition coefficient (Wildman–Crippen LogP) is 0.954. The van der Waals surface area contributed by atoms with Crippen molar-refractivity contribution in [2.24, 2.45) is 5.92 Å². The van der Waals surface area contributed by atoms with Gasteiger partial charge < -0.3 is 4.74 Å². The van der Waals surface area contributed by atoms with Crippen LogP contribution in [0.15, 0.2) is 29.2 Å². The lowest BCUT2D eigenvalue weighted by atomic mass is 10.1. The van der Waals surface area contributed by atoms with E-state index in [2.05, 4.69) is 10.00 Å². The Bertz CT molecular complexity index is 682. The highest BCUT2D eigenvalue weighted by atomic mass is 16.5. The van der Waals surface area contributed by atoms with Gasteiger partial charge in [0.05, 0.1) is 13.3 Å². The van der Waals surface area contributed by atoms with Crippen molar-refractivity contribution in [3.8, 4) is 0 Å². The van der Waals surface area contributed by atoms with Gasteiger partial charge in [-0.15, -0.1) is 5.10 Å². The first kappa shape index (κ1) is 13.0. The molecule has 0 unspecified atom stereocenters. The van der Waals surface area contributed by atoms with Crippen LogP contribution < -0.4 is 5.69 Å². The molecule has 3 heterocycles.